The van der Waals surface area contributed by atoms with Crippen LogP contribution in [0, 0.1) is 5.92 Å². The minimum absolute atomic E-state index is 0.0455. The van der Waals surface area contributed by atoms with Crippen molar-refractivity contribution in [2.75, 3.05) is 6.54 Å². The number of nitrogens with one attached hydrogen (secondary N) is 1. The summed E-state index contributed by atoms with van der Waals surface area (Å²) in [7, 11) is 0. The van der Waals surface area contributed by atoms with E-state index >= 15 is 0 Å². The van der Waals surface area contributed by atoms with E-state index in [0.717, 1.165) is 0 Å². The van der Waals surface area contributed by atoms with E-state index in [4.69, 9.17) is 0 Å². The Kier molecular flexibility index (Phi) is 6.87. The molecule has 0 aliphatic carbocycles. The van der Waals surface area contributed by atoms with Crippen molar-refractivity contribution in [2.45, 2.75) is 44.9 Å². The van der Waals surface area contributed by atoms with E-state index in [1.54, 1.807) is 6.07 Å². The highest BCUT2D eigenvalue weighted by atomic mass is 19.4. The fraction of sp³-hybridized carbons (Fsp3) is 0.562. The largest absolute Gasteiger partial charge is 0.396 e. The number of halogens is 3. The van der Waals surface area contributed by atoms with Gasteiger partial charge < -0.3 is 10.4 Å². The summed E-state index contributed by atoms with van der Waals surface area (Å²) >= 11 is 0. The highest BCUT2D eigenvalue weighted by molar-refractivity contribution is 5.77. The maximum absolute atomic E-state index is 13.1. The molecule has 0 heterocycles. The van der Waals surface area contributed by atoms with Gasteiger partial charge in [-0.05, 0) is 17.9 Å². The van der Waals surface area contributed by atoms with Gasteiger partial charge in [0.2, 0.25) is 5.91 Å². The highest BCUT2D eigenvalue weighted by Gasteiger charge is 2.41. The zero-order valence-electron chi connectivity index (χ0n) is 12.7. The Morgan fingerprint density at radius 2 is 1.82 bits per heavy atom. The standard InChI is InChI=1S/C16H22F3NO2/c1-11(2)14(21)8-9-20-15(22)10-13(16(17,18)19)12-6-4-3-5-7-12/h3-7,11,13-14,21H,8-10H2,1-2H3,(H,20,22). The van der Waals surface area contributed by atoms with Crippen LogP contribution < -0.4 is 5.32 Å². The van der Waals surface area contributed by atoms with Gasteiger partial charge in [0.15, 0.2) is 0 Å². The molecule has 0 saturated heterocycles. The van der Waals surface area contributed by atoms with Crippen molar-refractivity contribution in [3.8, 4) is 0 Å². The second kappa shape index (κ2) is 8.17. The van der Waals surface area contributed by atoms with Gasteiger partial charge in [0.1, 0.15) is 0 Å². The van der Waals surface area contributed by atoms with Crippen LogP contribution in [0.25, 0.3) is 0 Å². The van der Waals surface area contributed by atoms with Crippen LogP contribution in [0.15, 0.2) is 30.3 Å². The van der Waals surface area contributed by atoms with Gasteiger partial charge in [-0.3, -0.25) is 4.79 Å². The topological polar surface area (TPSA) is 49.3 Å². The molecule has 3 nitrogen and oxygen atoms in total. The Labute approximate surface area is 128 Å². The number of carbonyl (C=O) groups is 1. The summed E-state index contributed by atoms with van der Waals surface area (Å²) in [6.07, 6.45) is -5.37. The predicted molar refractivity (Wildman–Crippen MR) is 78.3 cm³/mol. The average molecular weight is 317 g/mol. The van der Waals surface area contributed by atoms with Crippen molar-refractivity contribution in [3.05, 3.63) is 35.9 Å². The van der Waals surface area contributed by atoms with Gasteiger partial charge in [-0.15, -0.1) is 0 Å². The maximum atomic E-state index is 13.1. The second-order valence-corrected chi connectivity index (χ2v) is 5.66. The van der Waals surface area contributed by atoms with Gasteiger partial charge in [-0.1, -0.05) is 44.2 Å². The van der Waals surface area contributed by atoms with Crippen LogP contribution in [-0.4, -0.2) is 29.8 Å². The molecule has 0 radical (unpaired) electrons. The summed E-state index contributed by atoms with van der Waals surface area (Å²) in [5.74, 6) is -2.44. The molecule has 124 valence electrons. The van der Waals surface area contributed by atoms with Crippen LogP contribution in [0.5, 0.6) is 0 Å². The van der Waals surface area contributed by atoms with Gasteiger partial charge in [0.25, 0.3) is 0 Å². The third kappa shape index (κ3) is 6.05. The molecule has 2 unspecified atom stereocenters. The molecule has 0 saturated carbocycles. The summed E-state index contributed by atoms with van der Waals surface area (Å²) in [6, 6.07) is 7.40. The minimum Gasteiger partial charge on any atom is -0.393 e. The number of amides is 1. The zero-order valence-corrected chi connectivity index (χ0v) is 12.7. The zero-order chi connectivity index (χ0) is 16.8. The molecular weight excluding hydrogens is 295 g/mol. The SMILES string of the molecule is CC(C)C(O)CCNC(=O)CC(c1ccccc1)C(F)(F)F. The lowest BCUT2D eigenvalue weighted by molar-refractivity contribution is -0.157. The van der Waals surface area contributed by atoms with Crippen LogP contribution >= 0.6 is 0 Å². The van der Waals surface area contributed by atoms with Gasteiger partial charge in [0.05, 0.1) is 12.0 Å². The number of rotatable bonds is 7. The van der Waals surface area contributed by atoms with Crippen LogP contribution in [-0.2, 0) is 4.79 Å². The van der Waals surface area contributed by atoms with E-state index in [9.17, 15) is 23.1 Å². The Bertz CT molecular complexity index is 460. The lowest BCUT2D eigenvalue weighted by atomic mass is 9.94. The molecule has 22 heavy (non-hydrogen) atoms. The van der Waals surface area contributed by atoms with E-state index < -0.39 is 30.5 Å². The predicted octanol–water partition coefficient (Wildman–Crippen LogP) is 3.25. The number of aliphatic hydroxyl groups excluding tert-OH is 1. The first-order valence-corrected chi connectivity index (χ1v) is 7.28. The second-order valence-electron chi connectivity index (χ2n) is 5.66. The Morgan fingerprint density at radius 3 is 2.32 bits per heavy atom. The molecule has 0 fully saturated rings. The molecular formula is C16H22F3NO2. The van der Waals surface area contributed by atoms with Crippen molar-refractivity contribution in [1.29, 1.82) is 0 Å². The fourth-order valence-corrected chi connectivity index (χ4v) is 2.06. The Morgan fingerprint density at radius 1 is 1.23 bits per heavy atom. The first-order valence-electron chi connectivity index (χ1n) is 7.28. The Balaban J connectivity index is 2.58. The molecule has 1 amide bonds. The van der Waals surface area contributed by atoms with Crippen molar-refractivity contribution in [2.24, 2.45) is 5.92 Å². The van der Waals surface area contributed by atoms with Crippen molar-refractivity contribution in [3.63, 3.8) is 0 Å². The average Bonchev–Trinajstić information content (AvgIpc) is 2.44. The molecule has 0 aliphatic heterocycles. The number of hydrogen-bond donors (Lipinski definition) is 2. The molecule has 0 bridgehead atoms. The molecule has 1 aromatic carbocycles. The first-order chi connectivity index (χ1) is 10.2. The molecule has 0 aromatic heterocycles. The van der Waals surface area contributed by atoms with E-state index in [2.05, 4.69) is 5.32 Å². The highest BCUT2D eigenvalue weighted by Crippen LogP contribution is 2.37. The van der Waals surface area contributed by atoms with Crippen LogP contribution in [0.4, 0.5) is 13.2 Å². The van der Waals surface area contributed by atoms with E-state index in [1.807, 2.05) is 13.8 Å². The molecule has 0 spiro atoms. The fourth-order valence-electron chi connectivity index (χ4n) is 2.06. The quantitative estimate of drug-likeness (QED) is 0.811. The molecule has 1 rings (SSSR count). The van der Waals surface area contributed by atoms with Crippen LogP contribution in [0.1, 0.15) is 38.2 Å². The molecule has 2 N–H and O–H groups in total. The summed E-state index contributed by atoms with van der Waals surface area (Å²) in [6.45, 7) is 3.83. The lowest BCUT2D eigenvalue weighted by Gasteiger charge is -2.20. The van der Waals surface area contributed by atoms with Crippen molar-refractivity contribution >= 4 is 5.91 Å². The van der Waals surface area contributed by atoms with Gasteiger partial charge >= 0.3 is 6.18 Å². The Hall–Kier alpha value is -1.56. The number of alkyl halides is 3. The first kappa shape index (κ1) is 18.5. The minimum atomic E-state index is -4.48. The number of hydrogen-bond acceptors (Lipinski definition) is 2. The van der Waals surface area contributed by atoms with E-state index in [0.29, 0.717) is 6.42 Å². The number of benzene rings is 1. The van der Waals surface area contributed by atoms with Crippen LogP contribution in [0.3, 0.4) is 0 Å². The smallest absolute Gasteiger partial charge is 0.393 e. The lowest BCUT2D eigenvalue weighted by Crippen LogP contribution is -2.32. The normalized spacial score (nSPS) is 14.7. The van der Waals surface area contributed by atoms with Crippen molar-refractivity contribution in [1.82, 2.24) is 5.32 Å². The van der Waals surface area contributed by atoms with E-state index in [-0.39, 0.29) is 18.0 Å². The third-order valence-electron chi connectivity index (χ3n) is 3.52. The number of carbonyl (C=O) groups excluding carboxylic acids is 1. The number of aliphatic hydroxyl groups is 1. The summed E-state index contributed by atoms with van der Waals surface area (Å²) in [4.78, 5) is 11.7. The molecule has 1 aromatic rings. The molecule has 0 aliphatic rings. The molecule has 2 atom stereocenters. The third-order valence-corrected chi connectivity index (χ3v) is 3.52. The van der Waals surface area contributed by atoms with E-state index in [1.165, 1.54) is 24.3 Å². The summed E-state index contributed by atoms with van der Waals surface area (Å²) in [5.41, 5.74) is 0.0763. The van der Waals surface area contributed by atoms with Gasteiger partial charge in [-0.2, -0.15) is 13.2 Å². The maximum Gasteiger partial charge on any atom is 0.396 e. The van der Waals surface area contributed by atoms with Gasteiger partial charge in [-0.25, -0.2) is 0 Å². The van der Waals surface area contributed by atoms with Gasteiger partial charge in [0, 0.05) is 13.0 Å². The summed E-state index contributed by atoms with van der Waals surface area (Å²) in [5, 5.41) is 12.0. The monoisotopic (exact) mass is 317 g/mol. The summed E-state index contributed by atoms with van der Waals surface area (Å²) < 4.78 is 39.3. The molecule has 6 heteroatoms. The van der Waals surface area contributed by atoms with Crippen LogP contribution in [0.2, 0.25) is 0 Å². The van der Waals surface area contributed by atoms with Crippen molar-refractivity contribution < 1.29 is 23.1 Å².